The number of aryl methyl sites for hydroxylation is 1. The molecule has 0 saturated heterocycles. The van der Waals surface area contributed by atoms with Gasteiger partial charge in [-0.05, 0) is 18.1 Å². The van der Waals surface area contributed by atoms with Crippen LogP contribution >= 0.6 is 40.2 Å². The fourth-order valence-corrected chi connectivity index (χ4v) is 2.85. The molecule has 0 heterocycles. The van der Waals surface area contributed by atoms with Crippen molar-refractivity contribution < 1.29 is 20.8 Å². The van der Waals surface area contributed by atoms with E-state index in [1.165, 1.54) is 16.3 Å². The number of hydrogen-bond donors (Lipinski definition) is 0. The Hall–Kier alpha value is 0.0931. The van der Waals surface area contributed by atoms with E-state index in [0.29, 0.717) is 10.0 Å². The van der Waals surface area contributed by atoms with Crippen LogP contribution < -0.4 is 0 Å². The van der Waals surface area contributed by atoms with Crippen LogP contribution in [0.4, 0.5) is 0 Å². The normalized spacial score (nSPS) is 10.2. The summed E-state index contributed by atoms with van der Waals surface area (Å²) < 4.78 is 0. The monoisotopic (exact) mass is 447 g/mol. The van der Waals surface area contributed by atoms with Gasteiger partial charge in [0.15, 0.2) is 0 Å². The van der Waals surface area contributed by atoms with Gasteiger partial charge in [0, 0.05) is 0 Å². The fourth-order valence-electron chi connectivity index (χ4n) is 2.45. The van der Waals surface area contributed by atoms with E-state index >= 15 is 0 Å². The van der Waals surface area contributed by atoms with E-state index in [2.05, 4.69) is 37.3 Å². The number of rotatable bonds is 2. The molecular weight excluding hydrogens is 437 g/mol. The number of fused-ring (bicyclic) bond motifs is 1. The second-order valence-electron chi connectivity index (χ2n) is 4.70. The topological polar surface area (TPSA) is 0 Å². The van der Waals surface area contributed by atoms with E-state index in [9.17, 15) is 0 Å². The van der Waals surface area contributed by atoms with Gasteiger partial charge in [0.1, 0.15) is 0 Å². The fraction of sp³-hybridized carbons (Fsp3) is 0.118. The predicted octanol–water partition coefficient (Wildman–Crippen LogP) is 7.47. The van der Waals surface area contributed by atoms with Crippen molar-refractivity contribution in [1.29, 1.82) is 0 Å². The van der Waals surface area contributed by atoms with Crippen molar-refractivity contribution in [2.45, 2.75) is 13.3 Å². The van der Waals surface area contributed by atoms with Crippen LogP contribution in [0.2, 0.25) is 10.0 Å². The first-order valence-electron chi connectivity index (χ1n) is 6.71. The standard InChI is InChI=1S/C17H13Cl2.2ClH.Zr/c1-2-11-9-12-5-3-6-13(15(12)10-11)14-7-4-8-16(18)17(14)19;;;/h3-10H,2H2,1H3;2*1H;/q-1;;;+2/p-2. The van der Waals surface area contributed by atoms with Crippen LogP contribution in [0, 0.1) is 0 Å². The molecule has 3 aromatic carbocycles. The molecule has 0 unspecified atom stereocenters. The summed E-state index contributed by atoms with van der Waals surface area (Å²) in [6.45, 7) is 2.17. The zero-order chi connectivity index (χ0) is 16.1. The molecule has 0 aliphatic heterocycles. The predicted molar refractivity (Wildman–Crippen MR) is 96.1 cm³/mol. The third-order valence-electron chi connectivity index (χ3n) is 3.46. The quantitative estimate of drug-likeness (QED) is 0.355. The van der Waals surface area contributed by atoms with Crippen LogP contribution in [0.3, 0.4) is 0 Å². The van der Waals surface area contributed by atoms with Crippen LogP contribution in [0.5, 0.6) is 0 Å². The minimum atomic E-state index is -0.826. The molecule has 5 heteroatoms. The van der Waals surface area contributed by atoms with Crippen LogP contribution in [0.15, 0.2) is 48.5 Å². The van der Waals surface area contributed by atoms with Crippen molar-refractivity contribution >= 4 is 51.0 Å². The molecule has 0 aromatic heterocycles. The van der Waals surface area contributed by atoms with E-state index in [-0.39, 0.29) is 0 Å². The van der Waals surface area contributed by atoms with Gasteiger partial charge in [0.2, 0.25) is 0 Å². The van der Waals surface area contributed by atoms with Crippen molar-refractivity contribution in [3.63, 3.8) is 0 Å². The van der Waals surface area contributed by atoms with Crippen molar-refractivity contribution in [2.75, 3.05) is 0 Å². The van der Waals surface area contributed by atoms with Gasteiger partial charge >= 0.3 is 37.9 Å². The van der Waals surface area contributed by atoms with Gasteiger partial charge in [0.25, 0.3) is 0 Å². The van der Waals surface area contributed by atoms with E-state index in [0.717, 1.165) is 17.5 Å². The molecule has 0 aliphatic carbocycles. The summed E-state index contributed by atoms with van der Waals surface area (Å²) in [4.78, 5) is 0. The summed E-state index contributed by atoms with van der Waals surface area (Å²) >= 11 is 11.6. The zero-order valence-corrected chi connectivity index (χ0v) is 17.3. The summed E-state index contributed by atoms with van der Waals surface area (Å²) in [5, 5.41) is 3.71. The minimum absolute atomic E-state index is 0.596. The molecule has 0 atom stereocenters. The van der Waals surface area contributed by atoms with Crippen LogP contribution in [-0.2, 0) is 27.3 Å². The number of benzene rings is 2. The SMILES string of the molecule is CCc1cc2c(-c3cccc(Cl)c3Cl)cccc2[cH-]1.[Cl][Zr][Cl]. The van der Waals surface area contributed by atoms with Gasteiger partial charge in [-0.1, -0.05) is 53.9 Å². The van der Waals surface area contributed by atoms with Crippen molar-refractivity contribution in [3.8, 4) is 11.1 Å². The third-order valence-corrected chi connectivity index (χ3v) is 4.28. The zero-order valence-electron chi connectivity index (χ0n) is 11.8. The summed E-state index contributed by atoms with van der Waals surface area (Å²) in [5.74, 6) is 0. The molecule has 0 saturated carbocycles. The summed E-state index contributed by atoms with van der Waals surface area (Å²) in [5.41, 5.74) is 3.48. The Morgan fingerprint density at radius 1 is 1.00 bits per heavy atom. The number of hydrogen-bond acceptors (Lipinski definition) is 0. The van der Waals surface area contributed by atoms with E-state index in [1.54, 1.807) is 0 Å². The average molecular weight is 450 g/mol. The van der Waals surface area contributed by atoms with E-state index in [1.807, 2.05) is 18.2 Å². The molecule has 22 heavy (non-hydrogen) atoms. The Morgan fingerprint density at radius 3 is 2.32 bits per heavy atom. The molecule has 0 N–H and O–H groups in total. The summed E-state index contributed by atoms with van der Waals surface area (Å²) in [6.07, 6.45) is 1.04. The first kappa shape index (κ1) is 18.4. The molecule has 0 aliphatic rings. The number of halogens is 4. The average Bonchev–Trinajstić information content (AvgIpc) is 2.94. The Kier molecular flexibility index (Phi) is 7.38. The molecule has 114 valence electrons. The molecular formula is C17H13Cl4Zr-. The second-order valence-corrected chi connectivity index (χ2v) is 9.22. The van der Waals surface area contributed by atoms with Crippen LogP contribution in [0.1, 0.15) is 12.5 Å². The summed E-state index contributed by atoms with van der Waals surface area (Å²) in [7, 11) is 9.87. The van der Waals surface area contributed by atoms with Crippen molar-refractivity contribution in [3.05, 3.63) is 64.1 Å². The second kappa shape index (κ2) is 8.81. The first-order chi connectivity index (χ1) is 10.6. The van der Waals surface area contributed by atoms with E-state index < -0.39 is 20.8 Å². The summed E-state index contributed by atoms with van der Waals surface area (Å²) in [6, 6.07) is 16.5. The third kappa shape index (κ3) is 4.13. The van der Waals surface area contributed by atoms with Gasteiger partial charge in [0.05, 0.1) is 10.0 Å². The van der Waals surface area contributed by atoms with Gasteiger partial charge in [-0.3, -0.25) is 0 Å². The maximum atomic E-state index is 6.34. The molecule has 3 rings (SSSR count). The molecule has 0 bridgehead atoms. The molecule has 0 radical (unpaired) electrons. The maximum absolute atomic E-state index is 6.34. The van der Waals surface area contributed by atoms with Crippen LogP contribution in [0.25, 0.3) is 21.9 Å². The van der Waals surface area contributed by atoms with E-state index in [4.69, 9.17) is 40.2 Å². The first-order valence-corrected chi connectivity index (χ1v) is 13.8. The Labute approximate surface area is 159 Å². The molecule has 0 amide bonds. The van der Waals surface area contributed by atoms with Crippen molar-refractivity contribution in [2.24, 2.45) is 0 Å². The van der Waals surface area contributed by atoms with Gasteiger partial charge in [-0.25, -0.2) is 0 Å². The Bertz CT molecular complexity index is 764. The molecule has 3 aromatic rings. The molecule has 0 spiro atoms. The van der Waals surface area contributed by atoms with Crippen LogP contribution in [-0.4, -0.2) is 0 Å². The Morgan fingerprint density at radius 2 is 1.64 bits per heavy atom. The van der Waals surface area contributed by atoms with Gasteiger partial charge in [-0.15, -0.1) is 34.5 Å². The molecule has 0 nitrogen and oxygen atoms in total. The van der Waals surface area contributed by atoms with Gasteiger partial charge in [-0.2, -0.15) is 6.07 Å². The Balaban J connectivity index is 0.000000545. The molecule has 0 fully saturated rings. The van der Waals surface area contributed by atoms with Gasteiger partial charge < -0.3 is 0 Å². The van der Waals surface area contributed by atoms with Crippen molar-refractivity contribution in [1.82, 2.24) is 0 Å².